The lowest BCUT2D eigenvalue weighted by atomic mass is 9.98. The highest BCUT2D eigenvalue weighted by Crippen LogP contribution is 2.29. The number of hydrogen-bond acceptors (Lipinski definition) is 1. The van der Waals surface area contributed by atoms with Gasteiger partial charge < -0.3 is 4.74 Å². The fraction of sp³-hybridized carbons (Fsp3) is 0.357. The van der Waals surface area contributed by atoms with Gasteiger partial charge in [-0.2, -0.15) is 0 Å². The van der Waals surface area contributed by atoms with Crippen molar-refractivity contribution in [2.24, 2.45) is 5.92 Å². The van der Waals surface area contributed by atoms with E-state index >= 15 is 0 Å². The highest BCUT2D eigenvalue weighted by molar-refractivity contribution is 5.71. The van der Waals surface area contributed by atoms with Crippen LogP contribution >= 0.6 is 0 Å². The molecule has 0 aliphatic heterocycles. The van der Waals surface area contributed by atoms with Crippen molar-refractivity contribution in [3.05, 3.63) is 78.1 Å². The Morgan fingerprint density at radius 3 is 2.10 bits per heavy atom. The molecule has 0 bridgehead atoms. The summed E-state index contributed by atoms with van der Waals surface area (Å²) in [6, 6.07) is 21.7. The third-order valence-electron chi connectivity index (χ3n) is 5.72. The van der Waals surface area contributed by atoms with Gasteiger partial charge in [0.15, 0.2) is 0 Å². The number of unbranched alkanes of at least 4 members (excludes halogenated alkanes) is 2. The highest BCUT2D eigenvalue weighted by atomic mass is 19.1. The van der Waals surface area contributed by atoms with Crippen molar-refractivity contribution in [1.29, 1.82) is 0 Å². The Balaban J connectivity index is 1.69. The minimum atomic E-state index is -0.201. The second-order valence-electron chi connectivity index (χ2n) is 8.20. The largest absolute Gasteiger partial charge is 0.493 e. The Kier molecular flexibility index (Phi) is 8.07. The maximum Gasteiger partial charge on any atom is 0.131 e. The smallest absolute Gasteiger partial charge is 0.131 e. The lowest BCUT2D eigenvalue weighted by molar-refractivity contribution is 0.256. The van der Waals surface area contributed by atoms with Gasteiger partial charge in [-0.1, -0.05) is 88.6 Å². The maximum atomic E-state index is 14.9. The molecule has 158 valence electrons. The summed E-state index contributed by atoms with van der Waals surface area (Å²) in [7, 11) is 0. The van der Waals surface area contributed by atoms with Crippen LogP contribution in [-0.2, 0) is 6.42 Å². The second-order valence-corrected chi connectivity index (χ2v) is 8.20. The van der Waals surface area contributed by atoms with Gasteiger partial charge in [-0.15, -0.1) is 0 Å². The molecule has 1 atom stereocenters. The molecule has 0 aliphatic carbocycles. The minimum absolute atomic E-state index is 0.201. The van der Waals surface area contributed by atoms with Gasteiger partial charge in [-0.05, 0) is 59.2 Å². The molecule has 0 fully saturated rings. The van der Waals surface area contributed by atoms with Crippen LogP contribution in [0.3, 0.4) is 0 Å². The first kappa shape index (κ1) is 22.1. The molecule has 0 aromatic heterocycles. The van der Waals surface area contributed by atoms with Gasteiger partial charge in [0.05, 0.1) is 6.61 Å². The quantitative estimate of drug-likeness (QED) is 0.309. The zero-order valence-electron chi connectivity index (χ0n) is 18.5. The summed E-state index contributed by atoms with van der Waals surface area (Å²) in [6.45, 7) is 7.25. The van der Waals surface area contributed by atoms with Crippen molar-refractivity contribution in [3.8, 4) is 28.0 Å². The van der Waals surface area contributed by atoms with Crippen molar-refractivity contribution >= 4 is 0 Å². The van der Waals surface area contributed by atoms with E-state index in [-0.39, 0.29) is 5.82 Å². The Bertz CT molecular complexity index is 912. The van der Waals surface area contributed by atoms with Crippen molar-refractivity contribution in [2.75, 3.05) is 6.61 Å². The van der Waals surface area contributed by atoms with Crippen LogP contribution in [0.1, 0.15) is 52.0 Å². The van der Waals surface area contributed by atoms with Gasteiger partial charge in [0.25, 0.3) is 0 Å². The fourth-order valence-corrected chi connectivity index (χ4v) is 3.46. The maximum absolute atomic E-state index is 14.9. The highest BCUT2D eigenvalue weighted by Gasteiger charge is 2.09. The Labute approximate surface area is 180 Å². The molecule has 0 heterocycles. The first-order valence-electron chi connectivity index (χ1n) is 11.2. The summed E-state index contributed by atoms with van der Waals surface area (Å²) in [5, 5.41) is 0. The zero-order chi connectivity index (χ0) is 21.3. The summed E-state index contributed by atoms with van der Waals surface area (Å²) < 4.78 is 20.7. The molecule has 3 aromatic rings. The molecule has 0 spiro atoms. The van der Waals surface area contributed by atoms with E-state index in [9.17, 15) is 4.39 Å². The number of ether oxygens (including phenoxy) is 1. The zero-order valence-corrected chi connectivity index (χ0v) is 18.5. The van der Waals surface area contributed by atoms with Crippen molar-refractivity contribution in [1.82, 2.24) is 0 Å². The number of aryl methyl sites for hydroxylation is 1. The molecule has 0 N–H and O–H groups in total. The van der Waals surface area contributed by atoms with E-state index in [2.05, 4.69) is 45.0 Å². The summed E-state index contributed by atoms with van der Waals surface area (Å²) in [5.74, 6) is 1.16. The molecule has 0 unspecified atom stereocenters. The van der Waals surface area contributed by atoms with Gasteiger partial charge in [0.2, 0.25) is 0 Å². The molecule has 0 radical (unpaired) electrons. The molecule has 3 rings (SSSR count). The molecule has 2 heteroatoms. The first-order valence-corrected chi connectivity index (χ1v) is 11.2. The van der Waals surface area contributed by atoms with Crippen LogP contribution in [-0.4, -0.2) is 6.61 Å². The number of benzene rings is 3. The van der Waals surface area contributed by atoms with Gasteiger partial charge in [-0.3, -0.25) is 0 Å². The predicted molar refractivity (Wildman–Crippen MR) is 125 cm³/mol. The number of rotatable bonds is 10. The van der Waals surface area contributed by atoms with Crippen LogP contribution in [0.4, 0.5) is 4.39 Å². The molecular formula is C28H33FO. The molecule has 0 saturated carbocycles. The fourth-order valence-electron chi connectivity index (χ4n) is 3.46. The lowest BCUT2D eigenvalue weighted by Gasteiger charge is -2.12. The van der Waals surface area contributed by atoms with Crippen LogP contribution in [0.2, 0.25) is 0 Å². The standard InChI is InChI=1S/C28H33FO/c1-4-6-7-8-22-9-11-23(12-10-22)25-15-18-27(28(29)19-25)24-13-16-26(17-14-24)30-20-21(3)5-2/h9-19,21H,4-8,20H2,1-3H3/t21-/m0/s1. The number of hydrogen-bond donors (Lipinski definition) is 0. The second kappa shape index (κ2) is 11.0. The summed E-state index contributed by atoms with van der Waals surface area (Å²) in [5.41, 5.74) is 4.78. The number of halogens is 1. The molecule has 0 saturated heterocycles. The summed E-state index contributed by atoms with van der Waals surface area (Å²) in [4.78, 5) is 0. The Morgan fingerprint density at radius 2 is 1.47 bits per heavy atom. The van der Waals surface area contributed by atoms with Crippen LogP contribution < -0.4 is 4.74 Å². The average Bonchev–Trinajstić information content (AvgIpc) is 2.78. The lowest BCUT2D eigenvalue weighted by Crippen LogP contribution is -2.06. The Hall–Kier alpha value is -2.61. The van der Waals surface area contributed by atoms with E-state index in [4.69, 9.17) is 4.74 Å². The normalized spacial score (nSPS) is 12.0. The van der Waals surface area contributed by atoms with Crippen molar-refractivity contribution in [3.63, 3.8) is 0 Å². The first-order chi connectivity index (χ1) is 14.6. The van der Waals surface area contributed by atoms with Gasteiger partial charge >= 0.3 is 0 Å². The minimum Gasteiger partial charge on any atom is -0.493 e. The van der Waals surface area contributed by atoms with Crippen LogP contribution in [0.25, 0.3) is 22.3 Å². The van der Waals surface area contributed by atoms with Crippen molar-refractivity contribution in [2.45, 2.75) is 52.9 Å². The van der Waals surface area contributed by atoms with Crippen molar-refractivity contribution < 1.29 is 9.13 Å². The molecule has 1 nitrogen and oxygen atoms in total. The predicted octanol–water partition coefficient (Wildman–Crippen LogP) is 8.32. The Morgan fingerprint density at radius 1 is 0.800 bits per heavy atom. The molecule has 0 aliphatic rings. The van der Waals surface area contributed by atoms with Crippen LogP contribution in [0, 0.1) is 11.7 Å². The van der Waals surface area contributed by atoms with E-state index in [1.165, 1.54) is 24.8 Å². The van der Waals surface area contributed by atoms with E-state index in [1.807, 2.05) is 36.4 Å². The summed E-state index contributed by atoms with van der Waals surface area (Å²) >= 11 is 0. The molecular weight excluding hydrogens is 371 g/mol. The van der Waals surface area contributed by atoms with Gasteiger partial charge in [-0.25, -0.2) is 4.39 Å². The molecule has 3 aromatic carbocycles. The van der Waals surface area contributed by atoms with Gasteiger partial charge in [0, 0.05) is 5.56 Å². The van der Waals surface area contributed by atoms with E-state index in [0.717, 1.165) is 35.3 Å². The topological polar surface area (TPSA) is 9.23 Å². The molecule has 30 heavy (non-hydrogen) atoms. The molecule has 0 amide bonds. The van der Waals surface area contributed by atoms with Crippen LogP contribution in [0.5, 0.6) is 5.75 Å². The third kappa shape index (κ3) is 5.95. The van der Waals surface area contributed by atoms with E-state index in [0.29, 0.717) is 18.1 Å². The summed E-state index contributed by atoms with van der Waals surface area (Å²) in [6.07, 6.45) is 5.92. The van der Waals surface area contributed by atoms with E-state index in [1.54, 1.807) is 6.07 Å². The third-order valence-corrected chi connectivity index (χ3v) is 5.72. The van der Waals surface area contributed by atoms with Crippen LogP contribution in [0.15, 0.2) is 66.7 Å². The monoisotopic (exact) mass is 404 g/mol. The SMILES string of the molecule is CCCCCc1ccc(-c2ccc(-c3ccc(OC[C@@H](C)CC)cc3)c(F)c2)cc1. The van der Waals surface area contributed by atoms with E-state index < -0.39 is 0 Å². The average molecular weight is 405 g/mol. The van der Waals surface area contributed by atoms with Gasteiger partial charge in [0.1, 0.15) is 11.6 Å².